The van der Waals surface area contributed by atoms with E-state index in [9.17, 15) is 0 Å². The van der Waals surface area contributed by atoms with Crippen molar-refractivity contribution >= 4 is 22.2 Å². The molecule has 0 amide bonds. The molecular formula is C28H34N4. The monoisotopic (exact) mass is 426 g/mol. The summed E-state index contributed by atoms with van der Waals surface area (Å²) in [4.78, 5) is 12.1. The van der Waals surface area contributed by atoms with E-state index < -0.39 is 0 Å². The summed E-state index contributed by atoms with van der Waals surface area (Å²) in [5.74, 6) is 2.35. The standard InChI is InChI=1S/C28H34N4/c1-6-21-11-13-31(14-12-21)25-10-8-22(15-19(25)4)23-7-9-24-26(16-23)32-27(17-29-24)20(5)30-28(32)18(2)3/h7-10,15-18,21H,6,11-14H2,1-5H3. The smallest absolute Gasteiger partial charge is 0.116 e. The number of rotatable bonds is 4. The van der Waals surface area contributed by atoms with Gasteiger partial charge in [0.1, 0.15) is 5.82 Å². The van der Waals surface area contributed by atoms with Crippen LogP contribution in [0, 0.1) is 19.8 Å². The van der Waals surface area contributed by atoms with Gasteiger partial charge in [-0.15, -0.1) is 0 Å². The van der Waals surface area contributed by atoms with E-state index in [1.54, 1.807) is 0 Å². The molecule has 1 saturated heterocycles. The first-order valence-electron chi connectivity index (χ1n) is 12.1. The highest BCUT2D eigenvalue weighted by Gasteiger charge is 2.20. The lowest BCUT2D eigenvalue weighted by atomic mass is 9.93. The number of hydrogen-bond donors (Lipinski definition) is 0. The van der Waals surface area contributed by atoms with Crippen LogP contribution in [0.2, 0.25) is 0 Å². The summed E-state index contributed by atoms with van der Waals surface area (Å²) in [5, 5.41) is 0. The van der Waals surface area contributed by atoms with E-state index >= 15 is 0 Å². The molecule has 1 fully saturated rings. The number of anilines is 1. The lowest BCUT2D eigenvalue weighted by molar-refractivity contribution is 0.395. The summed E-state index contributed by atoms with van der Waals surface area (Å²) in [6.07, 6.45) is 5.89. The van der Waals surface area contributed by atoms with Crippen LogP contribution in [0.3, 0.4) is 0 Å². The fourth-order valence-electron chi connectivity index (χ4n) is 5.25. The Morgan fingerprint density at radius 2 is 1.69 bits per heavy atom. The van der Waals surface area contributed by atoms with Crippen molar-refractivity contribution in [2.75, 3.05) is 18.0 Å². The maximum Gasteiger partial charge on any atom is 0.116 e. The Labute approximate surface area is 191 Å². The van der Waals surface area contributed by atoms with Crippen LogP contribution in [-0.4, -0.2) is 27.5 Å². The molecule has 0 spiro atoms. The van der Waals surface area contributed by atoms with E-state index in [1.807, 2.05) is 6.20 Å². The van der Waals surface area contributed by atoms with Crippen molar-refractivity contribution < 1.29 is 0 Å². The van der Waals surface area contributed by atoms with E-state index in [2.05, 4.69) is 80.3 Å². The second kappa shape index (κ2) is 8.23. The number of aryl methyl sites for hydroxylation is 2. The SMILES string of the molecule is CCC1CCN(c2ccc(-c3ccc4ncc5c(C)nc(C(C)C)n5c4c3)cc2C)CC1. The van der Waals surface area contributed by atoms with Gasteiger partial charge >= 0.3 is 0 Å². The third-order valence-electron chi connectivity index (χ3n) is 7.24. The van der Waals surface area contributed by atoms with E-state index in [4.69, 9.17) is 9.97 Å². The summed E-state index contributed by atoms with van der Waals surface area (Å²) in [6.45, 7) is 13.4. The highest BCUT2D eigenvalue weighted by molar-refractivity contribution is 5.85. The first-order chi connectivity index (χ1) is 15.5. The zero-order valence-corrected chi connectivity index (χ0v) is 20.0. The number of nitrogens with zero attached hydrogens (tertiary/aromatic N) is 4. The molecule has 5 rings (SSSR count). The van der Waals surface area contributed by atoms with Crippen molar-refractivity contribution in [3.63, 3.8) is 0 Å². The lowest BCUT2D eigenvalue weighted by Gasteiger charge is -2.34. The summed E-state index contributed by atoms with van der Waals surface area (Å²) in [7, 11) is 0. The predicted octanol–water partition coefficient (Wildman–Crippen LogP) is 6.92. The Balaban J connectivity index is 1.55. The molecule has 0 saturated carbocycles. The van der Waals surface area contributed by atoms with Crippen molar-refractivity contribution in [3.8, 4) is 11.1 Å². The van der Waals surface area contributed by atoms with Gasteiger partial charge in [-0.25, -0.2) is 4.98 Å². The molecule has 4 aromatic rings. The topological polar surface area (TPSA) is 33.4 Å². The molecule has 166 valence electrons. The minimum atomic E-state index is 0.351. The van der Waals surface area contributed by atoms with Crippen molar-refractivity contribution in [1.82, 2.24) is 14.4 Å². The third kappa shape index (κ3) is 3.56. The highest BCUT2D eigenvalue weighted by atomic mass is 15.1. The molecule has 2 aromatic carbocycles. The fraction of sp³-hybridized carbons (Fsp3) is 0.429. The average Bonchev–Trinajstić information content (AvgIpc) is 3.16. The molecule has 0 unspecified atom stereocenters. The summed E-state index contributed by atoms with van der Waals surface area (Å²) in [6, 6.07) is 13.6. The molecule has 4 nitrogen and oxygen atoms in total. The van der Waals surface area contributed by atoms with Gasteiger partial charge in [0.05, 0.1) is 28.4 Å². The van der Waals surface area contributed by atoms with E-state index in [0.29, 0.717) is 5.92 Å². The normalized spacial score (nSPS) is 15.4. The number of benzene rings is 2. The first kappa shape index (κ1) is 21.0. The van der Waals surface area contributed by atoms with Gasteiger partial charge in [-0.05, 0) is 73.6 Å². The summed E-state index contributed by atoms with van der Waals surface area (Å²) < 4.78 is 2.30. The lowest BCUT2D eigenvalue weighted by Crippen LogP contribution is -2.33. The van der Waals surface area contributed by atoms with Gasteiger partial charge in [0, 0.05) is 24.7 Å². The van der Waals surface area contributed by atoms with Crippen LogP contribution in [0.5, 0.6) is 0 Å². The predicted molar refractivity (Wildman–Crippen MR) is 135 cm³/mol. The van der Waals surface area contributed by atoms with Crippen LogP contribution < -0.4 is 4.90 Å². The third-order valence-corrected chi connectivity index (χ3v) is 7.24. The highest BCUT2D eigenvalue weighted by Crippen LogP contribution is 2.32. The zero-order valence-electron chi connectivity index (χ0n) is 20.0. The maximum atomic E-state index is 4.85. The second-order valence-electron chi connectivity index (χ2n) is 9.73. The van der Waals surface area contributed by atoms with Crippen molar-refractivity contribution in [2.45, 2.75) is 59.8 Å². The molecule has 0 radical (unpaired) electrons. The Hall–Kier alpha value is -2.88. The van der Waals surface area contributed by atoms with E-state index in [-0.39, 0.29) is 0 Å². The molecule has 0 aliphatic carbocycles. The zero-order chi connectivity index (χ0) is 22.4. The maximum absolute atomic E-state index is 4.85. The Morgan fingerprint density at radius 3 is 2.38 bits per heavy atom. The van der Waals surface area contributed by atoms with Crippen molar-refractivity contribution in [2.24, 2.45) is 5.92 Å². The molecule has 0 atom stereocenters. The first-order valence-corrected chi connectivity index (χ1v) is 12.1. The molecule has 2 aromatic heterocycles. The minimum absolute atomic E-state index is 0.351. The molecule has 0 N–H and O–H groups in total. The average molecular weight is 427 g/mol. The largest absolute Gasteiger partial charge is 0.371 e. The molecular weight excluding hydrogens is 392 g/mol. The van der Waals surface area contributed by atoms with Gasteiger partial charge < -0.3 is 4.90 Å². The molecule has 4 heteroatoms. The molecule has 1 aliphatic rings. The number of hydrogen-bond acceptors (Lipinski definition) is 3. The number of fused-ring (bicyclic) bond motifs is 3. The van der Waals surface area contributed by atoms with Crippen LogP contribution in [0.4, 0.5) is 5.69 Å². The number of imidazole rings is 1. The minimum Gasteiger partial charge on any atom is -0.371 e. The van der Waals surface area contributed by atoms with Gasteiger partial charge in [0.25, 0.3) is 0 Å². The molecule has 3 heterocycles. The van der Waals surface area contributed by atoms with Crippen LogP contribution in [0.25, 0.3) is 27.7 Å². The van der Waals surface area contributed by atoms with Gasteiger partial charge in [-0.1, -0.05) is 39.3 Å². The summed E-state index contributed by atoms with van der Waals surface area (Å²) in [5.41, 5.74) is 9.51. The Morgan fingerprint density at radius 1 is 0.969 bits per heavy atom. The fourth-order valence-corrected chi connectivity index (χ4v) is 5.25. The Kier molecular flexibility index (Phi) is 5.40. The van der Waals surface area contributed by atoms with E-state index in [0.717, 1.165) is 34.0 Å². The van der Waals surface area contributed by atoms with Crippen molar-refractivity contribution in [1.29, 1.82) is 0 Å². The van der Waals surface area contributed by atoms with Gasteiger partial charge in [-0.3, -0.25) is 9.38 Å². The second-order valence-corrected chi connectivity index (χ2v) is 9.73. The van der Waals surface area contributed by atoms with Gasteiger partial charge in [0.15, 0.2) is 0 Å². The quantitative estimate of drug-likeness (QED) is 0.355. The van der Waals surface area contributed by atoms with E-state index in [1.165, 1.54) is 54.7 Å². The van der Waals surface area contributed by atoms with Gasteiger partial charge in [0.2, 0.25) is 0 Å². The van der Waals surface area contributed by atoms with Crippen LogP contribution in [0.1, 0.15) is 63.0 Å². The number of aromatic nitrogens is 3. The van der Waals surface area contributed by atoms with Crippen LogP contribution in [0.15, 0.2) is 42.6 Å². The molecule has 1 aliphatic heterocycles. The van der Waals surface area contributed by atoms with Crippen LogP contribution >= 0.6 is 0 Å². The molecule has 32 heavy (non-hydrogen) atoms. The summed E-state index contributed by atoms with van der Waals surface area (Å²) >= 11 is 0. The number of piperidine rings is 1. The van der Waals surface area contributed by atoms with Gasteiger partial charge in [-0.2, -0.15) is 0 Å². The molecule has 0 bridgehead atoms. The van der Waals surface area contributed by atoms with Crippen molar-refractivity contribution in [3.05, 3.63) is 59.7 Å². The van der Waals surface area contributed by atoms with Crippen LogP contribution in [-0.2, 0) is 0 Å². The Bertz CT molecular complexity index is 1280.